The molecule has 20 heavy (non-hydrogen) atoms. The molecule has 0 bridgehead atoms. The predicted octanol–water partition coefficient (Wildman–Crippen LogP) is 1.45. The van der Waals surface area contributed by atoms with Gasteiger partial charge in [0, 0.05) is 30.8 Å². The molecular formula is C13H16ClN3O3. The Kier molecular flexibility index (Phi) is 4.46. The quantitative estimate of drug-likeness (QED) is 0.885. The number of ether oxygens (including phenoxy) is 1. The van der Waals surface area contributed by atoms with E-state index in [9.17, 15) is 9.59 Å². The van der Waals surface area contributed by atoms with Crippen LogP contribution < -0.4 is 11.1 Å². The molecule has 108 valence electrons. The summed E-state index contributed by atoms with van der Waals surface area (Å²) in [6.07, 6.45) is 0.239. The lowest BCUT2D eigenvalue weighted by Crippen LogP contribution is -2.45. The molecule has 2 rings (SSSR count). The molecule has 1 aromatic rings. The summed E-state index contributed by atoms with van der Waals surface area (Å²) in [5.41, 5.74) is 5.92. The summed E-state index contributed by atoms with van der Waals surface area (Å²) in [5.74, 6) is -0.532. The standard InChI is InChI=1S/C13H16ClN3O3/c1-20-10-6-11(12(15)18)17(7-10)13(19)16-9-4-2-8(14)3-5-9/h2-5,10-11H,6-7H2,1H3,(H2,15,18)(H,16,19). The lowest BCUT2D eigenvalue weighted by atomic mass is 10.2. The van der Waals surface area contributed by atoms with E-state index in [-0.39, 0.29) is 12.1 Å². The average molecular weight is 298 g/mol. The number of rotatable bonds is 3. The number of carbonyl (C=O) groups is 2. The summed E-state index contributed by atoms with van der Waals surface area (Å²) in [6, 6.07) is 5.69. The molecule has 1 saturated heterocycles. The average Bonchev–Trinajstić information content (AvgIpc) is 2.86. The fourth-order valence-electron chi connectivity index (χ4n) is 2.19. The van der Waals surface area contributed by atoms with E-state index in [1.54, 1.807) is 31.4 Å². The summed E-state index contributed by atoms with van der Waals surface area (Å²) >= 11 is 5.78. The fourth-order valence-corrected chi connectivity index (χ4v) is 2.32. The van der Waals surface area contributed by atoms with Gasteiger partial charge in [-0.15, -0.1) is 0 Å². The third-order valence-electron chi connectivity index (χ3n) is 3.28. The SMILES string of the molecule is COC1CC(C(N)=O)N(C(=O)Nc2ccc(Cl)cc2)C1. The Morgan fingerprint density at radius 3 is 2.60 bits per heavy atom. The van der Waals surface area contributed by atoms with Crippen LogP contribution in [0.1, 0.15) is 6.42 Å². The molecule has 1 fully saturated rings. The van der Waals surface area contributed by atoms with E-state index < -0.39 is 11.9 Å². The first-order valence-electron chi connectivity index (χ1n) is 6.16. The molecule has 7 heteroatoms. The van der Waals surface area contributed by atoms with Crippen LogP contribution in [-0.2, 0) is 9.53 Å². The van der Waals surface area contributed by atoms with Gasteiger partial charge in [-0.2, -0.15) is 0 Å². The third-order valence-corrected chi connectivity index (χ3v) is 3.53. The summed E-state index contributed by atoms with van der Waals surface area (Å²) in [7, 11) is 1.54. The molecule has 1 aromatic carbocycles. The molecule has 0 aliphatic carbocycles. The molecule has 2 atom stereocenters. The van der Waals surface area contributed by atoms with Crippen LogP contribution in [0.2, 0.25) is 5.02 Å². The molecule has 0 spiro atoms. The maximum atomic E-state index is 12.2. The molecule has 0 radical (unpaired) electrons. The summed E-state index contributed by atoms with van der Waals surface area (Å²) in [5, 5.41) is 3.29. The predicted molar refractivity (Wildman–Crippen MR) is 75.6 cm³/mol. The number of anilines is 1. The van der Waals surface area contributed by atoms with Crippen LogP contribution in [0, 0.1) is 0 Å². The highest BCUT2D eigenvalue weighted by molar-refractivity contribution is 6.30. The van der Waals surface area contributed by atoms with Crippen molar-refractivity contribution in [2.24, 2.45) is 5.73 Å². The van der Waals surface area contributed by atoms with Crippen LogP contribution in [0.4, 0.5) is 10.5 Å². The van der Waals surface area contributed by atoms with Crippen LogP contribution in [0.25, 0.3) is 0 Å². The first-order valence-corrected chi connectivity index (χ1v) is 6.54. The molecule has 6 nitrogen and oxygen atoms in total. The fraction of sp³-hybridized carbons (Fsp3) is 0.385. The number of nitrogens with one attached hydrogen (secondary N) is 1. The zero-order valence-corrected chi connectivity index (χ0v) is 11.8. The lowest BCUT2D eigenvalue weighted by Gasteiger charge is -2.22. The van der Waals surface area contributed by atoms with Crippen LogP contribution in [0.3, 0.4) is 0 Å². The van der Waals surface area contributed by atoms with Crippen molar-refractivity contribution in [1.82, 2.24) is 4.90 Å². The maximum Gasteiger partial charge on any atom is 0.322 e. The highest BCUT2D eigenvalue weighted by atomic mass is 35.5. The highest BCUT2D eigenvalue weighted by Crippen LogP contribution is 2.21. The van der Waals surface area contributed by atoms with Gasteiger partial charge >= 0.3 is 6.03 Å². The van der Waals surface area contributed by atoms with Crippen molar-refractivity contribution in [3.63, 3.8) is 0 Å². The van der Waals surface area contributed by atoms with Gasteiger partial charge in [0.2, 0.25) is 5.91 Å². The van der Waals surface area contributed by atoms with E-state index in [1.165, 1.54) is 4.90 Å². The van der Waals surface area contributed by atoms with E-state index >= 15 is 0 Å². The number of halogens is 1. The first-order chi connectivity index (χ1) is 9.51. The van der Waals surface area contributed by atoms with Gasteiger partial charge in [0.15, 0.2) is 0 Å². The monoisotopic (exact) mass is 297 g/mol. The molecular weight excluding hydrogens is 282 g/mol. The van der Waals surface area contributed by atoms with Gasteiger partial charge < -0.3 is 20.7 Å². The number of likely N-dealkylation sites (tertiary alicyclic amines) is 1. The number of amides is 3. The topological polar surface area (TPSA) is 84.7 Å². The van der Waals surface area contributed by atoms with E-state index in [4.69, 9.17) is 22.1 Å². The molecule has 0 aromatic heterocycles. The second-order valence-corrected chi connectivity index (χ2v) is 5.04. The third kappa shape index (κ3) is 3.20. The minimum atomic E-state index is -0.646. The molecule has 1 aliphatic heterocycles. The Bertz CT molecular complexity index is 506. The number of nitrogens with two attached hydrogens (primary N) is 1. The van der Waals surface area contributed by atoms with E-state index in [0.29, 0.717) is 23.7 Å². The number of hydrogen-bond acceptors (Lipinski definition) is 3. The maximum absolute atomic E-state index is 12.2. The largest absolute Gasteiger partial charge is 0.380 e. The summed E-state index contributed by atoms with van der Waals surface area (Å²) in [4.78, 5) is 25.0. The number of benzene rings is 1. The molecule has 1 heterocycles. The zero-order chi connectivity index (χ0) is 14.7. The van der Waals surface area contributed by atoms with Crippen molar-refractivity contribution < 1.29 is 14.3 Å². The van der Waals surface area contributed by atoms with Gasteiger partial charge in [-0.3, -0.25) is 4.79 Å². The highest BCUT2D eigenvalue weighted by Gasteiger charge is 2.38. The molecule has 1 aliphatic rings. The second kappa shape index (κ2) is 6.11. The lowest BCUT2D eigenvalue weighted by molar-refractivity contribution is -0.121. The van der Waals surface area contributed by atoms with Gasteiger partial charge in [0.25, 0.3) is 0 Å². The van der Waals surface area contributed by atoms with Crippen molar-refractivity contribution in [2.75, 3.05) is 19.0 Å². The number of methoxy groups -OCH3 is 1. The van der Waals surface area contributed by atoms with Crippen molar-refractivity contribution >= 4 is 29.2 Å². The Balaban J connectivity index is 2.07. The molecule has 0 saturated carbocycles. The Labute approximate surface area is 121 Å². The minimum absolute atomic E-state index is 0.177. The van der Waals surface area contributed by atoms with E-state index in [1.807, 2.05) is 0 Å². The molecule has 2 unspecified atom stereocenters. The van der Waals surface area contributed by atoms with Crippen LogP contribution in [-0.4, -0.2) is 42.6 Å². The van der Waals surface area contributed by atoms with Gasteiger partial charge in [-0.1, -0.05) is 11.6 Å². The smallest absolute Gasteiger partial charge is 0.322 e. The van der Waals surface area contributed by atoms with Crippen molar-refractivity contribution in [3.05, 3.63) is 29.3 Å². The van der Waals surface area contributed by atoms with Crippen LogP contribution in [0.5, 0.6) is 0 Å². The number of carbonyl (C=O) groups excluding carboxylic acids is 2. The van der Waals surface area contributed by atoms with Gasteiger partial charge in [-0.05, 0) is 24.3 Å². The molecule has 3 amide bonds. The summed E-state index contributed by atoms with van der Waals surface area (Å²) < 4.78 is 5.19. The zero-order valence-electron chi connectivity index (χ0n) is 11.0. The number of nitrogens with zero attached hydrogens (tertiary/aromatic N) is 1. The van der Waals surface area contributed by atoms with Crippen LogP contribution in [0.15, 0.2) is 24.3 Å². The normalized spacial score (nSPS) is 21.8. The van der Waals surface area contributed by atoms with Crippen molar-refractivity contribution in [3.8, 4) is 0 Å². The van der Waals surface area contributed by atoms with E-state index in [2.05, 4.69) is 5.32 Å². The number of primary amides is 1. The first kappa shape index (κ1) is 14.6. The van der Waals surface area contributed by atoms with Gasteiger partial charge in [-0.25, -0.2) is 4.79 Å². The molecule has 3 N–H and O–H groups in total. The van der Waals surface area contributed by atoms with E-state index in [0.717, 1.165) is 0 Å². The number of urea groups is 1. The van der Waals surface area contributed by atoms with Gasteiger partial charge in [0.1, 0.15) is 6.04 Å². The van der Waals surface area contributed by atoms with Gasteiger partial charge in [0.05, 0.1) is 6.10 Å². The van der Waals surface area contributed by atoms with Crippen molar-refractivity contribution in [1.29, 1.82) is 0 Å². The minimum Gasteiger partial charge on any atom is -0.380 e. The Morgan fingerprint density at radius 1 is 1.40 bits per heavy atom. The summed E-state index contributed by atoms with van der Waals surface area (Å²) in [6.45, 7) is 0.337. The Hall–Kier alpha value is -1.79. The van der Waals surface area contributed by atoms with Crippen molar-refractivity contribution in [2.45, 2.75) is 18.6 Å². The number of hydrogen-bond donors (Lipinski definition) is 2. The Morgan fingerprint density at radius 2 is 2.05 bits per heavy atom. The van der Waals surface area contributed by atoms with Crippen LogP contribution >= 0.6 is 11.6 Å². The second-order valence-electron chi connectivity index (χ2n) is 4.60.